The summed E-state index contributed by atoms with van der Waals surface area (Å²) in [6.45, 7) is 4.22. The van der Waals surface area contributed by atoms with Gasteiger partial charge in [-0.1, -0.05) is 12.1 Å². The zero-order valence-corrected chi connectivity index (χ0v) is 28.4. The van der Waals surface area contributed by atoms with Crippen molar-refractivity contribution in [2.45, 2.75) is 76.1 Å². The van der Waals surface area contributed by atoms with Crippen molar-refractivity contribution in [2.75, 3.05) is 32.8 Å². The fourth-order valence-electron chi connectivity index (χ4n) is 6.31. The van der Waals surface area contributed by atoms with E-state index in [4.69, 9.17) is 4.74 Å². The van der Waals surface area contributed by atoms with Crippen LogP contribution in [0.1, 0.15) is 71.1 Å². The molecule has 1 spiro atoms. The number of aryl methyl sites for hydroxylation is 2. The molecule has 2 aromatic rings. The van der Waals surface area contributed by atoms with Gasteiger partial charge in [0.1, 0.15) is 17.1 Å². The van der Waals surface area contributed by atoms with E-state index in [0.717, 1.165) is 16.5 Å². The van der Waals surface area contributed by atoms with E-state index in [0.29, 0.717) is 42.6 Å². The van der Waals surface area contributed by atoms with Crippen LogP contribution >= 0.6 is 0 Å². The Morgan fingerprint density at radius 1 is 1.06 bits per heavy atom. The minimum absolute atomic E-state index is 0.0263. The molecule has 2 amide bonds. The number of nitrogens with zero attached hydrogens (tertiary/aromatic N) is 3. The molecule has 0 bridgehead atoms. The lowest BCUT2D eigenvalue weighted by Crippen LogP contribution is -2.50. The molecule has 2 fully saturated rings. The Hall–Kier alpha value is -3.89. The summed E-state index contributed by atoms with van der Waals surface area (Å²) in [5.41, 5.74) is 1.86. The largest absolute Gasteiger partial charge is 0.494 e. The van der Waals surface area contributed by atoms with Gasteiger partial charge in [-0.2, -0.15) is 26.3 Å². The van der Waals surface area contributed by atoms with Crippen molar-refractivity contribution in [2.24, 2.45) is 4.99 Å². The minimum atomic E-state index is -5.63. The number of sulfonamides is 1. The lowest BCUT2D eigenvalue weighted by molar-refractivity contribution is -0.284. The average molecular weight is 727 g/mol. The first-order valence-electron chi connectivity index (χ1n) is 16.3. The van der Waals surface area contributed by atoms with E-state index >= 15 is 0 Å². The summed E-state index contributed by atoms with van der Waals surface area (Å²) in [5, 5.41) is 13.6. The van der Waals surface area contributed by atoms with Crippen molar-refractivity contribution < 1.29 is 49.8 Å². The third-order valence-electron chi connectivity index (χ3n) is 9.31. The van der Waals surface area contributed by atoms with Gasteiger partial charge < -0.3 is 20.1 Å². The second-order valence-corrected chi connectivity index (χ2v) is 14.7. The van der Waals surface area contributed by atoms with Gasteiger partial charge >= 0.3 is 12.1 Å². The number of hydrogen-bond donors (Lipinski definition) is 2. The quantitative estimate of drug-likeness (QED) is 0.263. The van der Waals surface area contributed by atoms with E-state index in [9.17, 15) is 45.1 Å². The Kier molecular flexibility index (Phi) is 10.8. The Bertz CT molecular complexity index is 1760. The van der Waals surface area contributed by atoms with E-state index < -0.39 is 52.5 Å². The van der Waals surface area contributed by atoms with E-state index in [1.807, 2.05) is 0 Å². The zero-order chi connectivity index (χ0) is 36.5. The number of amidine groups is 1. The maximum Gasteiger partial charge on any atom is 0.453 e. The highest BCUT2D eigenvalue weighted by Gasteiger charge is 2.56. The molecule has 50 heavy (non-hydrogen) atoms. The van der Waals surface area contributed by atoms with Gasteiger partial charge in [-0.3, -0.25) is 14.6 Å². The number of halogens is 5. The van der Waals surface area contributed by atoms with Crippen molar-refractivity contribution in [1.29, 1.82) is 0 Å². The molecule has 3 heterocycles. The van der Waals surface area contributed by atoms with Crippen molar-refractivity contribution in [3.63, 3.8) is 0 Å². The topological polar surface area (TPSA) is 129 Å². The fraction of sp³-hybridized carbons (Fsp3) is 0.500. The lowest BCUT2D eigenvalue weighted by Gasteiger charge is -2.34. The number of ether oxygens (including phenoxy) is 1. The van der Waals surface area contributed by atoms with Crippen molar-refractivity contribution in [1.82, 2.24) is 14.5 Å². The number of aliphatic imine (C=N–C) groups is 1. The molecule has 0 radical (unpaired) electrons. The molecule has 272 valence electrons. The monoisotopic (exact) mass is 726 g/mol. The number of amides is 2. The van der Waals surface area contributed by atoms with E-state index in [2.05, 4.69) is 10.3 Å². The SMILES string of the molecule is Cc1cc(C(=O)N2CCC(O)CC2)cc(C)c1/C=C/S(=O)(=O)N1CCC2(CC1)N=C(c1cccc(OCCCC(F)(F)C(F)(F)F)c1)NC2=O. The number of hydrogen-bond acceptors (Lipinski definition) is 7. The summed E-state index contributed by atoms with van der Waals surface area (Å²) in [6.07, 6.45) is -5.20. The molecule has 3 aliphatic rings. The molecule has 3 aliphatic heterocycles. The van der Waals surface area contributed by atoms with Crippen LogP contribution in [-0.2, 0) is 14.8 Å². The predicted molar refractivity (Wildman–Crippen MR) is 175 cm³/mol. The number of carbonyl (C=O) groups excluding carboxylic acids is 2. The number of carbonyl (C=O) groups is 2. The molecule has 0 saturated carbocycles. The van der Waals surface area contributed by atoms with Crippen LogP contribution in [0.4, 0.5) is 22.0 Å². The summed E-state index contributed by atoms with van der Waals surface area (Å²) in [5.74, 6) is -4.94. The normalized spacial score (nSPS) is 19.2. The average Bonchev–Trinajstić information content (AvgIpc) is 3.37. The van der Waals surface area contributed by atoms with Crippen LogP contribution in [0.3, 0.4) is 0 Å². The molecule has 2 aromatic carbocycles. The van der Waals surface area contributed by atoms with Gasteiger partial charge in [0.25, 0.3) is 11.8 Å². The van der Waals surface area contributed by atoms with Gasteiger partial charge in [-0.15, -0.1) is 0 Å². The second-order valence-electron chi connectivity index (χ2n) is 12.9. The predicted octanol–water partition coefficient (Wildman–Crippen LogP) is 4.97. The molecule has 0 unspecified atom stereocenters. The first kappa shape index (κ1) is 37.4. The number of aliphatic hydroxyl groups excluding tert-OH is 1. The van der Waals surface area contributed by atoms with Gasteiger partial charge in [0, 0.05) is 49.1 Å². The van der Waals surface area contributed by atoms with E-state index in [1.54, 1.807) is 43.0 Å². The fourth-order valence-corrected chi connectivity index (χ4v) is 7.49. The summed E-state index contributed by atoms with van der Waals surface area (Å²) in [6, 6.07) is 9.62. The molecule has 2 N–H and O–H groups in total. The molecular formula is C34H39F5N4O6S. The number of likely N-dealkylation sites (tertiary alicyclic amines) is 1. The van der Waals surface area contributed by atoms with E-state index in [1.165, 1.54) is 22.5 Å². The van der Waals surface area contributed by atoms with Gasteiger partial charge in [0.15, 0.2) is 0 Å². The Morgan fingerprint density at radius 2 is 1.70 bits per heavy atom. The van der Waals surface area contributed by atoms with Crippen LogP contribution < -0.4 is 10.1 Å². The molecule has 16 heteroatoms. The van der Waals surface area contributed by atoms with Gasteiger partial charge in [0.2, 0.25) is 10.0 Å². The van der Waals surface area contributed by atoms with E-state index in [-0.39, 0.29) is 50.0 Å². The number of alkyl halides is 5. The maximum atomic E-state index is 13.3. The van der Waals surface area contributed by atoms with Crippen LogP contribution in [0.15, 0.2) is 46.8 Å². The standard InChI is InChI=1S/C34H39F5N4O6S/c1-22-19-25(30(45)42-13-7-26(44)8-14-42)20-23(2)28(22)9-18-50(47,48)43-15-11-32(12-16-43)31(46)40-29(41-32)24-5-3-6-27(21-24)49-17-4-10-33(35,36)34(37,38)39/h3,5-6,9,18-21,26,44H,4,7-8,10-17H2,1-2H3,(H,40,41,46)/b18-9+. The number of aliphatic hydroxyl groups is 1. The Balaban J connectivity index is 1.19. The highest BCUT2D eigenvalue weighted by atomic mass is 32.2. The molecule has 0 aromatic heterocycles. The maximum absolute atomic E-state index is 13.3. The van der Waals surface area contributed by atoms with Gasteiger partial charge in [-0.25, -0.2) is 8.42 Å². The highest BCUT2D eigenvalue weighted by Crippen LogP contribution is 2.39. The first-order chi connectivity index (χ1) is 23.4. The third-order valence-corrected chi connectivity index (χ3v) is 10.9. The summed E-state index contributed by atoms with van der Waals surface area (Å²) in [4.78, 5) is 32.4. The Labute approximate surface area is 287 Å². The highest BCUT2D eigenvalue weighted by molar-refractivity contribution is 7.92. The zero-order valence-electron chi connectivity index (χ0n) is 27.6. The van der Waals surface area contributed by atoms with Crippen molar-refractivity contribution in [3.05, 3.63) is 69.6 Å². The van der Waals surface area contributed by atoms with Crippen molar-refractivity contribution >= 4 is 33.7 Å². The summed E-state index contributed by atoms with van der Waals surface area (Å²) in [7, 11) is -3.88. The number of benzene rings is 2. The molecule has 0 aliphatic carbocycles. The summed E-state index contributed by atoms with van der Waals surface area (Å²) < 4.78 is 96.8. The van der Waals surface area contributed by atoms with Crippen LogP contribution in [0.2, 0.25) is 0 Å². The van der Waals surface area contributed by atoms with Crippen molar-refractivity contribution in [3.8, 4) is 5.75 Å². The third kappa shape index (κ3) is 8.18. The molecule has 2 saturated heterocycles. The van der Waals surface area contributed by atoms with Crippen LogP contribution in [0.25, 0.3) is 6.08 Å². The molecule has 5 rings (SSSR count). The number of nitrogens with one attached hydrogen (secondary N) is 1. The number of rotatable bonds is 10. The molecular weight excluding hydrogens is 687 g/mol. The first-order valence-corrected chi connectivity index (χ1v) is 17.8. The number of piperidine rings is 2. The van der Waals surface area contributed by atoms with Gasteiger partial charge in [0.05, 0.1) is 12.7 Å². The van der Waals surface area contributed by atoms with Crippen LogP contribution in [0.5, 0.6) is 5.75 Å². The van der Waals surface area contributed by atoms with Crippen LogP contribution in [-0.4, -0.2) is 96.9 Å². The summed E-state index contributed by atoms with van der Waals surface area (Å²) >= 11 is 0. The van der Waals surface area contributed by atoms with Gasteiger partial charge in [-0.05, 0) is 93.0 Å². The lowest BCUT2D eigenvalue weighted by atomic mass is 9.89. The molecule has 10 nitrogen and oxygen atoms in total. The smallest absolute Gasteiger partial charge is 0.453 e. The minimum Gasteiger partial charge on any atom is -0.494 e. The Morgan fingerprint density at radius 3 is 2.32 bits per heavy atom. The van der Waals surface area contributed by atoms with Crippen LogP contribution in [0, 0.1) is 13.8 Å². The molecule has 0 atom stereocenters. The second kappa shape index (κ2) is 14.4.